The van der Waals surface area contributed by atoms with E-state index in [-0.39, 0.29) is 17.9 Å². The molecule has 0 aromatic heterocycles. The van der Waals surface area contributed by atoms with Crippen LogP contribution in [0, 0.1) is 0 Å². The Bertz CT molecular complexity index is 716. The van der Waals surface area contributed by atoms with E-state index in [0.717, 1.165) is 23.3 Å². The van der Waals surface area contributed by atoms with Crippen LogP contribution < -0.4 is 10.6 Å². The first-order valence-corrected chi connectivity index (χ1v) is 10.0. The molecular weight excluding hydrogens is 358 g/mol. The third kappa shape index (κ3) is 4.19. The zero-order valence-electron chi connectivity index (χ0n) is 16.6. The molecule has 1 aromatic rings. The number of carbonyl (C=O) groups excluding carboxylic acids is 3. The summed E-state index contributed by atoms with van der Waals surface area (Å²) < 4.78 is 5.79. The van der Waals surface area contributed by atoms with Crippen molar-refractivity contribution in [1.29, 1.82) is 0 Å². The quantitative estimate of drug-likeness (QED) is 0.530. The van der Waals surface area contributed by atoms with Crippen LogP contribution in [0.25, 0.3) is 0 Å². The molecule has 152 valence electrons. The van der Waals surface area contributed by atoms with Gasteiger partial charge in [0, 0.05) is 13.2 Å². The standard InChI is InChI=1S/C21H29N3O4/c1-15(24-19(26)21(23-20(24)27)11-6-7-12-21)18(25)22-13-8-14-28-16(2)17-9-4-3-5-10-17/h3-5,9-10,15-16H,6-8,11-14H2,1-2H3,(H,22,25)(H,23,27). The van der Waals surface area contributed by atoms with Gasteiger partial charge in [-0.05, 0) is 38.7 Å². The Balaban J connectivity index is 1.41. The lowest BCUT2D eigenvalue weighted by Gasteiger charge is -2.23. The number of nitrogens with one attached hydrogen (secondary N) is 2. The summed E-state index contributed by atoms with van der Waals surface area (Å²) in [6.45, 7) is 4.53. The molecule has 2 fully saturated rings. The molecule has 1 aliphatic heterocycles. The van der Waals surface area contributed by atoms with Crippen LogP contribution in [0.5, 0.6) is 0 Å². The fourth-order valence-corrected chi connectivity index (χ4v) is 3.94. The van der Waals surface area contributed by atoms with Gasteiger partial charge in [-0.2, -0.15) is 0 Å². The number of nitrogens with zero attached hydrogens (tertiary/aromatic N) is 1. The lowest BCUT2D eigenvalue weighted by Crippen LogP contribution is -2.50. The summed E-state index contributed by atoms with van der Waals surface area (Å²) in [5.74, 6) is -0.590. The van der Waals surface area contributed by atoms with Crippen molar-refractivity contribution in [3.8, 4) is 0 Å². The molecule has 28 heavy (non-hydrogen) atoms. The highest BCUT2D eigenvalue weighted by molar-refractivity contribution is 6.09. The van der Waals surface area contributed by atoms with Gasteiger partial charge in [0.1, 0.15) is 11.6 Å². The maximum Gasteiger partial charge on any atom is 0.325 e. The number of carbonyl (C=O) groups is 3. The van der Waals surface area contributed by atoms with E-state index in [1.165, 1.54) is 0 Å². The number of benzene rings is 1. The Hall–Kier alpha value is -2.41. The predicted octanol–water partition coefficient (Wildman–Crippen LogP) is 2.52. The average molecular weight is 387 g/mol. The predicted molar refractivity (Wildman–Crippen MR) is 104 cm³/mol. The van der Waals surface area contributed by atoms with E-state index in [0.29, 0.717) is 32.4 Å². The van der Waals surface area contributed by atoms with Crippen LogP contribution in [0.1, 0.15) is 57.6 Å². The number of hydrogen-bond acceptors (Lipinski definition) is 4. The topological polar surface area (TPSA) is 87.7 Å². The number of imide groups is 1. The second-order valence-electron chi connectivity index (χ2n) is 7.64. The van der Waals surface area contributed by atoms with Crippen LogP contribution in [0.2, 0.25) is 0 Å². The van der Waals surface area contributed by atoms with Crippen LogP contribution in [0.4, 0.5) is 4.79 Å². The molecule has 4 amide bonds. The first-order chi connectivity index (χ1) is 13.4. The molecule has 2 unspecified atom stereocenters. The minimum atomic E-state index is -0.823. The Kier molecular flexibility index (Phi) is 6.34. The minimum absolute atomic E-state index is 0.00987. The summed E-state index contributed by atoms with van der Waals surface area (Å²) in [5, 5.41) is 5.61. The van der Waals surface area contributed by atoms with Crippen molar-refractivity contribution in [2.24, 2.45) is 0 Å². The van der Waals surface area contributed by atoms with Gasteiger partial charge < -0.3 is 15.4 Å². The van der Waals surface area contributed by atoms with Gasteiger partial charge in [-0.25, -0.2) is 9.69 Å². The normalized spacial score (nSPS) is 20.3. The summed E-state index contributed by atoms with van der Waals surface area (Å²) in [5.41, 5.74) is 0.326. The maximum absolute atomic E-state index is 12.7. The monoisotopic (exact) mass is 387 g/mol. The molecule has 0 radical (unpaired) electrons. The summed E-state index contributed by atoms with van der Waals surface area (Å²) in [4.78, 5) is 38.5. The molecule has 1 saturated heterocycles. The van der Waals surface area contributed by atoms with Gasteiger partial charge in [0.15, 0.2) is 0 Å². The van der Waals surface area contributed by atoms with Crippen LogP contribution in [-0.4, -0.2) is 47.5 Å². The SMILES string of the molecule is CC(OCCCNC(=O)C(C)N1C(=O)NC2(CCCC2)C1=O)c1ccccc1. The van der Waals surface area contributed by atoms with Gasteiger partial charge in [0.05, 0.1) is 6.10 Å². The minimum Gasteiger partial charge on any atom is -0.374 e. The van der Waals surface area contributed by atoms with E-state index in [9.17, 15) is 14.4 Å². The van der Waals surface area contributed by atoms with Gasteiger partial charge in [-0.3, -0.25) is 9.59 Å². The van der Waals surface area contributed by atoms with Crippen molar-refractivity contribution in [2.45, 2.75) is 63.6 Å². The highest BCUT2D eigenvalue weighted by atomic mass is 16.5. The van der Waals surface area contributed by atoms with Gasteiger partial charge in [-0.1, -0.05) is 43.2 Å². The van der Waals surface area contributed by atoms with Crippen molar-refractivity contribution in [3.05, 3.63) is 35.9 Å². The Labute approximate surface area is 165 Å². The molecule has 2 atom stereocenters. The van der Waals surface area contributed by atoms with E-state index in [4.69, 9.17) is 4.74 Å². The molecule has 0 bridgehead atoms. The maximum atomic E-state index is 12.7. The number of hydrogen-bond donors (Lipinski definition) is 2. The highest BCUT2D eigenvalue weighted by Gasteiger charge is 2.54. The fraction of sp³-hybridized carbons (Fsp3) is 0.571. The lowest BCUT2D eigenvalue weighted by molar-refractivity contribution is -0.137. The van der Waals surface area contributed by atoms with Crippen molar-refractivity contribution < 1.29 is 19.1 Å². The summed E-state index contributed by atoms with van der Waals surface area (Å²) >= 11 is 0. The first-order valence-electron chi connectivity index (χ1n) is 10.0. The smallest absolute Gasteiger partial charge is 0.325 e. The average Bonchev–Trinajstić information content (AvgIpc) is 3.26. The van der Waals surface area contributed by atoms with E-state index in [1.807, 2.05) is 37.3 Å². The van der Waals surface area contributed by atoms with Crippen LogP contribution in [0.15, 0.2) is 30.3 Å². The Morgan fingerprint density at radius 2 is 1.89 bits per heavy atom. The molecule has 1 aromatic carbocycles. The summed E-state index contributed by atoms with van der Waals surface area (Å²) in [7, 11) is 0. The molecule has 2 N–H and O–H groups in total. The van der Waals surface area contributed by atoms with E-state index >= 15 is 0 Å². The third-order valence-corrected chi connectivity index (χ3v) is 5.67. The fourth-order valence-electron chi connectivity index (χ4n) is 3.94. The van der Waals surface area contributed by atoms with Gasteiger partial charge >= 0.3 is 6.03 Å². The molecule has 1 heterocycles. The molecule has 1 aliphatic carbocycles. The molecular formula is C21H29N3O4. The Morgan fingerprint density at radius 1 is 1.21 bits per heavy atom. The highest BCUT2D eigenvalue weighted by Crippen LogP contribution is 2.35. The van der Waals surface area contributed by atoms with E-state index in [2.05, 4.69) is 10.6 Å². The zero-order chi connectivity index (χ0) is 20.1. The number of amides is 4. The van der Waals surface area contributed by atoms with Gasteiger partial charge in [0.25, 0.3) is 5.91 Å². The number of ether oxygens (including phenoxy) is 1. The second-order valence-corrected chi connectivity index (χ2v) is 7.64. The van der Waals surface area contributed by atoms with Crippen LogP contribution in [-0.2, 0) is 14.3 Å². The van der Waals surface area contributed by atoms with Crippen molar-refractivity contribution in [2.75, 3.05) is 13.2 Å². The van der Waals surface area contributed by atoms with Gasteiger partial charge in [-0.15, -0.1) is 0 Å². The summed E-state index contributed by atoms with van der Waals surface area (Å²) in [6, 6.07) is 8.66. The second kappa shape index (κ2) is 8.73. The van der Waals surface area contributed by atoms with Crippen molar-refractivity contribution in [1.82, 2.24) is 15.5 Å². The molecule has 7 nitrogen and oxygen atoms in total. The van der Waals surface area contributed by atoms with Crippen molar-refractivity contribution in [3.63, 3.8) is 0 Å². The molecule has 1 saturated carbocycles. The Morgan fingerprint density at radius 3 is 2.57 bits per heavy atom. The largest absolute Gasteiger partial charge is 0.374 e. The lowest BCUT2D eigenvalue weighted by atomic mass is 9.97. The van der Waals surface area contributed by atoms with Crippen LogP contribution in [0.3, 0.4) is 0 Å². The van der Waals surface area contributed by atoms with Crippen molar-refractivity contribution >= 4 is 17.8 Å². The zero-order valence-corrected chi connectivity index (χ0v) is 16.6. The first kappa shape index (κ1) is 20.3. The number of urea groups is 1. The van der Waals surface area contributed by atoms with E-state index in [1.54, 1.807) is 6.92 Å². The van der Waals surface area contributed by atoms with E-state index < -0.39 is 17.6 Å². The third-order valence-electron chi connectivity index (χ3n) is 5.67. The molecule has 1 spiro atoms. The molecule has 2 aliphatic rings. The van der Waals surface area contributed by atoms with Crippen LogP contribution >= 0.6 is 0 Å². The molecule has 3 rings (SSSR count). The van der Waals surface area contributed by atoms with Gasteiger partial charge in [0.2, 0.25) is 5.91 Å². The molecule has 7 heteroatoms. The number of rotatable bonds is 8. The summed E-state index contributed by atoms with van der Waals surface area (Å²) in [6.07, 6.45) is 3.78.